The van der Waals surface area contributed by atoms with Crippen LogP contribution in [-0.4, -0.2) is 63.0 Å². The summed E-state index contributed by atoms with van der Waals surface area (Å²) in [5.41, 5.74) is 2.27. The Morgan fingerprint density at radius 3 is 2.79 bits per heavy atom. The van der Waals surface area contributed by atoms with E-state index in [0.717, 1.165) is 42.7 Å². The van der Waals surface area contributed by atoms with Gasteiger partial charge in [-0.1, -0.05) is 29.8 Å². The molecule has 2 aromatic carbocycles. The van der Waals surface area contributed by atoms with E-state index in [2.05, 4.69) is 16.3 Å². The second-order valence-electron chi connectivity index (χ2n) is 8.64. The van der Waals surface area contributed by atoms with Gasteiger partial charge in [-0.05, 0) is 43.9 Å². The number of nitrogens with zero attached hydrogens (tertiary/aromatic N) is 1. The number of hydrogen-bond acceptors (Lipinski definition) is 5. The molecule has 3 rings (SSSR count). The van der Waals surface area contributed by atoms with Crippen LogP contribution in [0.1, 0.15) is 30.4 Å². The molecule has 1 fully saturated rings. The minimum absolute atomic E-state index is 0.0819. The normalized spacial score (nSPS) is 16.6. The molecular formula is C26H34F2N2O4. The van der Waals surface area contributed by atoms with Crippen molar-refractivity contribution in [3.63, 3.8) is 0 Å². The van der Waals surface area contributed by atoms with E-state index in [0.29, 0.717) is 32.7 Å². The van der Waals surface area contributed by atoms with E-state index in [4.69, 9.17) is 14.2 Å². The van der Waals surface area contributed by atoms with Gasteiger partial charge in [0.05, 0.1) is 6.10 Å². The molecule has 0 spiro atoms. The molecule has 0 saturated carbocycles. The van der Waals surface area contributed by atoms with E-state index >= 15 is 0 Å². The quantitative estimate of drug-likeness (QED) is 0.445. The Morgan fingerprint density at radius 2 is 2.09 bits per heavy atom. The number of carbonyl (C=O) groups is 1. The summed E-state index contributed by atoms with van der Waals surface area (Å²) in [4.78, 5) is 15.2. The first-order valence-electron chi connectivity index (χ1n) is 11.7. The van der Waals surface area contributed by atoms with Crippen LogP contribution in [0, 0.1) is 18.6 Å². The van der Waals surface area contributed by atoms with Gasteiger partial charge in [0.15, 0.2) is 17.7 Å². The van der Waals surface area contributed by atoms with Crippen molar-refractivity contribution in [1.82, 2.24) is 10.2 Å². The second kappa shape index (κ2) is 13.4. The van der Waals surface area contributed by atoms with E-state index in [1.54, 1.807) is 7.11 Å². The lowest BCUT2D eigenvalue weighted by molar-refractivity contribution is -0.129. The summed E-state index contributed by atoms with van der Waals surface area (Å²) in [5, 5.41) is 2.87. The fourth-order valence-corrected chi connectivity index (χ4v) is 4.01. The van der Waals surface area contributed by atoms with Gasteiger partial charge in [-0.15, -0.1) is 0 Å². The van der Waals surface area contributed by atoms with Gasteiger partial charge in [-0.3, -0.25) is 9.69 Å². The Hall–Kier alpha value is -2.55. The van der Waals surface area contributed by atoms with Gasteiger partial charge in [0.25, 0.3) is 5.91 Å². The van der Waals surface area contributed by atoms with Crippen molar-refractivity contribution >= 4 is 5.91 Å². The molecule has 0 bridgehead atoms. The van der Waals surface area contributed by atoms with Crippen molar-refractivity contribution in [1.29, 1.82) is 0 Å². The van der Waals surface area contributed by atoms with Gasteiger partial charge < -0.3 is 19.5 Å². The smallest absolute Gasteiger partial charge is 0.262 e. The maximum absolute atomic E-state index is 13.8. The van der Waals surface area contributed by atoms with Crippen molar-refractivity contribution in [2.75, 3.05) is 40.0 Å². The van der Waals surface area contributed by atoms with Gasteiger partial charge in [0.1, 0.15) is 5.75 Å². The fourth-order valence-electron chi connectivity index (χ4n) is 4.01. The number of aryl methyl sites for hydroxylation is 1. The molecule has 8 heteroatoms. The molecule has 6 nitrogen and oxygen atoms in total. The molecule has 2 aromatic rings. The van der Waals surface area contributed by atoms with Gasteiger partial charge >= 0.3 is 0 Å². The van der Waals surface area contributed by atoms with E-state index in [1.165, 1.54) is 6.07 Å². The molecule has 0 radical (unpaired) electrons. The molecule has 0 aliphatic carbocycles. The molecule has 1 saturated heterocycles. The van der Waals surface area contributed by atoms with Gasteiger partial charge in [-0.2, -0.15) is 0 Å². The van der Waals surface area contributed by atoms with Crippen molar-refractivity contribution in [3.05, 3.63) is 65.2 Å². The van der Waals surface area contributed by atoms with Gasteiger partial charge in [0.2, 0.25) is 0 Å². The lowest BCUT2D eigenvalue weighted by Crippen LogP contribution is -2.47. The second-order valence-corrected chi connectivity index (χ2v) is 8.64. The van der Waals surface area contributed by atoms with Crippen molar-refractivity contribution in [3.8, 4) is 5.75 Å². The number of methoxy groups -OCH3 is 1. The van der Waals surface area contributed by atoms with Crippen LogP contribution in [0.2, 0.25) is 0 Å². The summed E-state index contributed by atoms with van der Waals surface area (Å²) in [6.45, 7) is 5.23. The van der Waals surface area contributed by atoms with Crippen LogP contribution in [0.25, 0.3) is 0 Å². The first-order valence-corrected chi connectivity index (χ1v) is 11.7. The molecule has 1 heterocycles. The van der Waals surface area contributed by atoms with Crippen LogP contribution in [-0.2, 0) is 20.8 Å². The molecule has 1 N–H and O–H groups in total. The number of nitrogens with one attached hydrogen (secondary N) is 1. The zero-order chi connectivity index (χ0) is 24.3. The monoisotopic (exact) mass is 476 g/mol. The highest BCUT2D eigenvalue weighted by molar-refractivity contribution is 5.81. The number of hydrogen-bond donors (Lipinski definition) is 1. The predicted molar refractivity (Wildman–Crippen MR) is 126 cm³/mol. The third kappa shape index (κ3) is 8.34. The highest BCUT2D eigenvalue weighted by Crippen LogP contribution is 2.20. The number of amides is 1. The fraction of sp³-hybridized carbons (Fsp3) is 0.500. The summed E-state index contributed by atoms with van der Waals surface area (Å²) >= 11 is 0. The summed E-state index contributed by atoms with van der Waals surface area (Å²) in [5.74, 6) is -2.20. The van der Waals surface area contributed by atoms with Crippen molar-refractivity contribution < 1.29 is 27.8 Å². The number of halogens is 2. The maximum Gasteiger partial charge on any atom is 0.262 e. The molecule has 1 amide bonds. The van der Waals surface area contributed by atoms with Crippen molar-refractivity contribution in [2.45, 2.75) is 44.9 Å². The van der Waals surface area contributed by atoms with Gasteiger partial charge in [0, 0.05) is 52.6 Å². The average Bonchev–Trinajstić information content (AvgIpc) is 3.31. The maximum atomic E-state index is 13.8. The highest BCUT2D eigenvalue weighted by Gasteiger charge is 2.27. The SMILES string of the molecule is COCCCNC(=O)C(CN(Cc1cccc(C)c1)CC1CCCO1)Oc1ccc(F)c(F)c1. The minimum Gasteiger partial charge on any atom is -0.479 e. The van der Waals surface area contributed by atoms with Crippen LogP contribution < -0.4 is 10.1 Å². The summed E-state index contributed by atoms with van der Waals surface area (Å²) < 4.78 is 44.0. The molecule has 2 unspecified atom stereocenters. The first-order chi connectivity index (χ1) is 16.4. The topological polar surface area (TPSA) is 60.0 Å². The molecule has 1 aliphatic heterocycles. The molecule has 1 aliphatic rings. The van der Waals surface area contributed by atoms with Crippen LogP contribution in [0.4, 0.5) is 8.78 Å². The zero-order valence-electron chi connectivity index (χ0n) is 19.9. The molecule has 186 valence electrons. The lowest BCUT2D eigenvalue weighted by atomic mass is 10.1. The third-order valence-corrected chi connectivity index (χ3v) is 5.68. The van der Waals surface area contributed by atoms with E-state index in [9.17, 15) is 13.6 Å². The number of ether oxygens (including phenoxy) is 3. The Morgan fingerprint density at radius 1 is 1.24 bits per heavy atom. The predicted octanol–water partition coefficient (Wildman–Crippen LogP) is 3.85. The standard InChI is InChI=1S/C26H34F2N2O4/c1-19-6-3-7-20(14-19)16-30(17-22-8-4-13-33-22)18-25(26(31)29-11-5-12-32-2)34-21-9-10-23(27)24(28)15-21/h3,6-7,9-10,14-15,22,25H,4-5,8,11-13,16-18H2,1-2H3,(H,29,31). The molecule has 2 atom stereocenters. The van der Waals surface area contributed by atoms with Crippen molar-refractivity contribution in [2.24, 2.45) is 0 Å². The average molecular weight is 477 g/mol. The Kier molecular flexibility index (Phi) is 10.2. The van der Waals surface area contributed by atoms with Gasteiger partial charge in [-0.25, -0.2) is 8.78 Å². The highest BCUT2D eigenvalue weighted by atomic mass is 19.2. The summed E-state index contributed by atoms with van der Waals surface area (Å²) in [6, 6.07) is 11.5. The van der Waals surface area contributed by atoms with Crippen LogP contribution >= 0.6 is 0 Å². The molecule has 34 heavy (non-hydrogen) atoms. The Bertz CT molecular complexity index is 921. The molecule has 0 aromatic heterocycles. The first kappa shape index (κ1) is 26.1. The molecular weight excluding hydrogens is 442 g/mol. The van der Waals surface area contributed by atoms with Crippen LogP contribution in [0.3, 0.4) is 0 Å². The zero-order valence-corrected chi connectivity index (χ0v) is 19.9. The number of benzene rings is 2. The Balaban J connectivity index is 1.77. The van der Waals surface area contributed by atoms with E-state index in [-0.39, 0.29) is 24.3 Å². The van der Waals surface area contributed by atoms with Crippen LogP contribution in [0.15, 0.2) is 42.5 Å². The summed E-state index contributed by atoms with van der Waals surface area (Å²) in [6.07, 6.45) is 1.79. The number of carbonyl (C=O) groups excluding carboxylic acids is 1. The largest absolute Gasteiger partial charge is 0.479 e. The number of rotatable bonds is 13. The summed E-state index contributed by atoms with van der Waals surface area (Å²) in [7, 11) is 1.60. The Labute approximate surface area is 200 Å². The lowest BCUT2D eigenvalue weighted by Gasteiger charge is -2.29. The minimum atomic E-state index is -1.02. The van der Waals surface area contributed by atoms with Crippen LogP contribution in [0.5, 0.6) is 5.75 Å². The van der Waals surface area contributed by atoms with E-state index in [1.807, 2.05) is 25.1 Å². The third-order valence-electron chi connectivity index (χ3n) is 5.68. The van der Waals surface area contributed by atoms with E-state index < -0.39 is 17.7 Å².